The van der Waals surface area contributed by atoms with Gasteiger partial charge in [0.15, 0.2) is 0 Å². The van der Waals surface area contributed by atoms with E-state index in [0.29, 0.717) is 12.5 Å². The lowest BCUT2D eigenvalue weighted by atomic mass is 10.1. The molecule has 2 N–H and O–H groups in total. The first-order valence-electron chi connectivity index (χ1n) is 5.64. The van der Waals surface area contributed by atoms with Crippen molar-refractivity contribution >= 4 is 0 Å². The lowest BCUT2D eigenvalue weighted by molar-refractivity contribution is 0.414. The molecule has 0 saturated carbocycles. The fourth-order valence-electron chi connectivity index (χ4n) is 1.75. The Labute approximate surface area is 101 Å². The number of hydrogen-bond donors (Lipinski definition) is 1. The quantitative estimate of drug-likeness (QED) is 0.875. The zero-order valence-corrected chi connectivity index (χ0v) is 10.1. The number of methoxy groups -OCH3 is 1. The highest BCUT2D eigenvalue weighted by Crippen LogP contribution is 2.20. The second kappa shape index (κ2) is 5.01. The average Bonchev–Trinajstić information content (AvgIpc) is 2.87. The molecule has 1 aromatic heterocycles. The Morgan fingerprint density at radius 1 is 1.29 bits per heavy atom. The first kappa shape index (κ1) is 11.7. The van der Waals surface area contributed by atoms with Crippen LogP contribution in [-0.2, 0) is 0 Å². The Bertz CT molecular complexity index is 476. The number of aromatic nitrogens is 2. The predicted molar refractivity (Wildman–Crippen MR) is 67.6 cm³/mol. The summed E-state index contributed by atoms with van der Waals surface area (Å²) in [5, 5.41) is 4.33. The number of hydrogen-bond acceptors (Lipinski definition) is 3. The topological polar surface area (TPSA) is 53.1 Å². The second-order valence-electron chi connectivity index (χ2n) is 4.00. The third-order valence-electron chi connectivity index (χ3n) is 2.85. The van der Waals surface area contributed by atoms with Gasteiger partial charge in [0.05, 0.1) is 12.8 Å². The van der Waals surface area contributed by atoms with Gasteiger partial charge < -0.3 is 10.5 Å². The van der Waals surface area contributed by atoms with Gasteiger partial charge in [-0.2, -0.15) is 5.10 Å². The van der Waals surface area contributed by atoms with Crippen LogP contribution in [0.2, 0.25) is 0 Å². The maximum atomic E-state index is 5.69. The first-order chi connectivity index (χ1) is 8.26. The molecule has 0 aliphatic carbocycles. The van der Waals surface area contributed by atoms with Gasteiger partial charge in [-0.25, -0.2) is 4.68 Å². The number of nitrogens with zero attached hydrogens (tertiary/aromatic N) is 2. The summed E-state index contributed by atoms with van der Waals surface area (Å²) in [5.41, 5.74) is 7.84. The van der Waals surface area contributed by atoms with Gasteiger partial charge in [-0.3, -0.25) is 0 Å². The van der Waals surface area contributed by atoms with Crippen molar-refractivity contribution in [2.45, 2.75) is 12.8 Å². The van der Waals surface area contributed by atoms with Crippen molar-refractivity contribution in [1.29, 1.82) is 0 Å². The average molecular weight is 231 g/mol. The minimum Gasteiger partial charge on any atom is -0.497 e. The minimum atomic E-state index is 0.291. The Balaban J connectivity index is 2.35. The van der Waals surface area contributed by atoms with E-state index in [1.807, 2.05) is 35.0 Å². The highest BCUT2D eigenvalue weighted by atomic mass is 16.5. The summed E-state index contributed by atoms with van der Waals surface area (Å²) in [4.78, 5) is 0. The summed E-state index contributed by atoms with van der Waals surface area (Å²) >= 11 is 0. The van der Waals surface area contributed by atoms with Crippen molar-refractivity contribution in [3.05, 3.63) is 42.2 Å². The summed E-state index contributed by atoms with van der Waals surface area (Å²) in [6.07, 6.45) is 1.80. The van der Waals surface area contributed by atoms with Gasteiger partial charge in [-0.15, -0.1) is 0 Å². The van der Waals surface area contributed by atoms with E-state index in [9.17, 15) is 0 Å². The molecule has 90 valence electrons. The van der Waals surface area contributed by atoms with Crippen LogP contribution in [0.25, 0.3) is 5.69 Å². The molecule has 1 heterocycles. The molecule has 0 amide bonds. The molecular weight excluding hydrogens is 214 g/mol. The molecule has 4 heteroatoms. The van der Waals surface area contributed by atoms with Gasteiger partial charge >= 0.3 is 0 Å². The summed E-state index contributed by atoms with van der Waals surface area (Å²) in [6.45, 7) is 2.71. The van der Waals surface area contributed by atoms with Crippen LogP contribution in [-0.4, -0.2) is 23.4 Å². The van der Waals surface area contributed by atoms with Gasteiger partial charge in [0.25, 0.3) is 0 Å². The van der Waals surface area contributed by atoms with Gasteiger partial charge in [0.2, 0.25) is 0 Å². The molecule has 1 unspecified atom stereocenters. The van der Waals surface area contributed by atoms with E-state index in [1.165, 1.54) is 0 Å². The van der Waals surface area contributed by atoms with E-state index < -0.39 is 0 Å². The predicted octanol–water partition coefficient (Wildman–Crippen LogP) is 1.94. The number of ether oxygens (including phenoxy) is 1. The van der Waals surface area contributed by atoms with Crippen LogP contribution in [0.3, 0.4) is 0 Å². The molecule has 2 aromatic rings. The van der Waals surface area contributed by atoms with E-state index in [-0.39, 0.29) is 0 Å². The van der Waals surface area contributed by atoms with Gasteiger partial charge in [0.1, 0.15) is 5.75 Å². The van der Waals surface area contributed by atoms with Gasteiger partial charge in [-0.05, 0) is 30.3 Å². The largest absolute Gasteiger partial charge is 0.497 e. The SMILES string of the molecule is COc1ccc(-n2nccc2C(C)CN)cc1. The van der Waals surface area contributed by atoms with E-state index in [2.05, 4.69) is 12.0 Å². The van der Waals surface area contributed by atoms with Gasteiger partial charge in [-0.1, -0.05) is 6.92 Å². The van der Waals surface area contributed by atoms with Crippen LogP contribution in [0.15, 0.2) is 36.5 Å². The number of benzene rings is 1. The third-order valence-corrected chi connectivity index (χ3v) is 2.85. The fourth-order valence-corrected chi connectivity index (χ4v) is 1.75. The van der Waals surface area contributed by atoms with Crippen molar-refractivity contribution in [3.8, 4) is 11.4 Å². The zero-order valence-electron chi connectivity index (χ0n) is 10.1. The summed E-state index contributed by atoms with van der Waals surface area (Å²) in [7, 11) is 1.66. The highest BCUT2D eigenvalue weighted by Gasteiger charge is 2.10. The summed E-state index contributed by atoms with van der Waals surface area (Å²) in [5.74, 6) is 1.13. The van der Waals surface area contributed by atoms with Crippen LogP contribution in [0.5, 0.6) is 5.75 Å². The van der Waals surface area contributed by atoms with Crippen LogP contribution in [0, 0.1) is 0 Å². The van der Waals surface area contributed by atoms with Crippen molar-refractivity contribution in [3.63, 3.8) is 0 Å². The van der Waals surface area contributed by atoms with E-state index >= 15 is 0 Å². The molecule has 0 saturated heterocycles. The monoisotopic (exact) mass is 231 g/mol. The van der Waals surface area contributed by atoms with E-state index in [0.717, 1.165) is 17.1 Å². The van der Waals surface area contributed by atoms with Crippen molar-refractivity contribution in [2.24, 2.45) is 5.73 Å². The Hall–Kier alpha value is -1.81. The van der Waals surface area contributed by atoms with Gasteiger partial charge in [0, 0.05) is 24.4 Å². The molecule has 1 atom stereocenters. The van der Waals surface area contributed by atoms with Crippen molar-refractivity contribution in [1.82, 2.24) is 9.78 Å². The molecule has 0 aliphatic rings. The molecule has 0 bridgehead atoms. The molecular formula is C13H17N3O. The van der Waals surface area contributed by atoms with E-state index in [1.54, 1.807) is 13.3 Å². The fraction of sp³-hybridized carbons (Fsp3) is 0.308. The normalized spacial score (nSPS) is 12.4. The van der Waals surface area contributed by atoms with E-state index in [4.69, 9.17) is 10.5 Å². The lowest BCUT2D eigenvalue weighted by Gasteiger charge is -2.12. The molecule has 2 rings (SSSR count). The lowest BCUT2D eigenvalue weighted by Crippen LogP contribution is -2.13. The smallest absolute Gasteiger partial charge is 0.119 e. The zero-order chi connectivity index (χ0) is 12.3. The van der Waals surface area contributed by atoms with Crippen LogP contribution >= 0.6 is 0 Å². The molecule has 4 nitrogen and oxygen atoms in total. The Kier molecular flexibility index (Phi) is 3.44. The van der Waals surface area contributed by atoms with Crippen molar-refractivity contribution < 1.29 is 4.74 Å². The standard InChI is InChI=1S/C13H17N3O/c1-10(9-14)13-7-8-15-16(13)11-3-5-12(17-2)6-4-11/h3-8,10H,9,14H2,1-2H3. The second-order valence-corrected chi connectivity index (χ2v) is 4.00. The minimum absolute atomic E-state index is 0.291. The van der Waals surface area contributed by atoms with Crippen LogP contribution < -0.4 is 10.5 Å². The molecule has 0 spiro atoms. The first-order valence-corrected chi connectivity index (χ1v) is 5.64. The molecule has 1 aromatic carbocycles. The van der Waals surface area contributed by atoms with Crippen molar-refractivity contribution in [2.75, 3.05) is 13.7 Å². The summed E-state index contributed by atoms with van der Waals surface area (Å²) < 4.78 is 7.05. The highest BCUT2D eigenvalue weighted by molar-refractivity contribution is 5.38. The number of rotatable bonds is 4. The Morgan fingerprint density at radius 2 is 2.00 bits per heavy atom. The maximum absolute atomic E-state index is 5.69. The van der Waals surface area contributed by atoms with Crippen LogP contribution in [0.4, 0.5) is 0 Å². The molecule has 0 aliphatic heterocycles. The Morgan fingerprint density at radius 3 is 2.59 bits per heavy atom. The van der Waals surface area contributed by atoms with Crippen LogP contribution in [0.1, 0.15) is 18.5 Å². The molecule has 0 fully saturated rings. The molecule has 0 radical (unpaired) electrons. The third kappa shape index (κ3) is 2.31. The summed E-state index contributed by atoms with van der Waals surface area (Å²) in [6, 6.07) is 9.82. The maximum Gasteiger partial charge on any atom is 0.119 e. The number of nitrogens with two attached hydrogens (primary N) is 1. The molecule has 17 heavy (non-hydrogen) atoms.